The van der Waals surface area contributed by atoms with Crippen LogP contribution < -0.4 is 0 Å². The monoisotopic (exact) mass is 236 g/mol. The zero-order valence-electron chi connectivity index (χ0n) is 11.6. The molecule has 0 bridgehead atoms. The maximum absolute atomic E-state index is 4.80. The van der Waals surface area contributed by atoms with Crippen LogP contribution in [0, 0.1) is 0 Å². The lowest BCUT2D eigenvalue weighted by molar-refractivity contribution is -0.337. The minimum atomic E-state index is 0.164. The fourth-order valence-corrected chi connectivity index (χ4v) is 0.507. The van der Waals surface area contributed by atoms with Crippen LogP contribution in [0.3, 0.4) is 0 Å². The first-order valence-electron chi connectivity index (χ1n) is 6.11. The highest BCUT2D eigenvalue weighted by Crippen LogP contribution is 1.93. The van der Waals surface area contributed by atoms with Gasteiger partial charge in [0.05, 0.1) is 25.4 Å². The lowest BCUT2D eigenvalue weighted by Crippen LogP contribution is -2.08. The van der Waals surface area contributed by atoms with Crippen LogP contribution in [0.25, 0.3) is 0 Å². The average Bonchev–Trinajstić information content (AvgIpc) is 2.23. The Morgan fingerprint density at radius 2 is 1.00 bits per heavy atom. The predicted molar refractivity (Wildman–Crippen MR) is 64.9 cm³/mol. The van der Waals surface area contributed by atoms with Gasteiger partial charge in [-0.25, -0.2) is 19.6 Å². The third kappa shape index (κ3) is 23.6. The highest BCUT2D eigenvalue weighted by molar-refractivity contribution is 4.30. The minimum absolute atomic E-state index is 0.164. The predicted octanol–water partition coefficient (Wildman–Crippen LogP) is 3.51. The smallest absolute Gasteiger partial charge is 0.0874 e. The van der Waals surface area contributed by atoms with Crippen molar-refractivity contribution >= 4 is 0 Å². The molecular formula is C12H28O4. The molecule has 4 heteroatoms. The van der Waals surface area contributed by atoms with E-state index in [1.165, 1.54) is 0 Å². The molecular weight excluding hydrogens is 208 g/mol. The summed E-state index contributed by atoms with van der Waals surface area (Å²) in [4.78, 5) is 19.1. The SMILES string of the molecule is CC(C)OOC(C)C.CCCOOCCC. The van der Waals surface area contributed by atoms with E-state index < -0.39 is 0 Å². The summed E-state index contributed by atoms with van der Waals surface area (Å²) in [6, 6.07) is 0. The van der Waals surface area contributed by atoms with E-state index in [9.17, 15) is 0 Å². The van der Waals surface area contributed by atoms with E-state index >= 15 is 0 Å². The van der Waals surface area contributed by atoms with Crippen LogP contribution in [-0.4, -0.2) is 25.4 Å². The van der Waals surface area contributed by atoms with Crippen molar-refractivity contribution < 1.29 is 19.6 Å². The lowest BCUT2D eigenvalue weighted by atomic mass is 10.5. The van der Waals surface area contributed by atoms with E-state index in [0.717, 1.165) is 12.8 Å². The summed E-state index contributed by atoms with van der Waals surface area (Å²) in [5, 5.41) is 0. The molecule has 0 aliphatic heterocycles. The molecule has 0 aliphatic rings. The summed E-state index contributed by atoms with van der Waals surface area (Å²) in [6.45, 7) is 13.3. The largest absolute Gasteiger partial charge is 0.237 e. The van der Waals surface area contributed by atoms with Crippen LogP contribution in [0.5, 0.6) is 0 Å². The third-order valence-electron chi connectivity index (χ3n) is 1.10. The van der Waals surface area contributed by atoms with Gasteiger partial charge in [-0.05, 0) is 40.5 Å². The summed E-state index contributed by atoms with van der Waals surface area (Å²) in [6.07, 6.45) is 2.36. The molecule has 100 valence electrons. The molecule has 0 aliphatic carbocycles. The van der Waals surface area contributed by atoms with Gasteiger partial charge in [-0.15, -0.1) is 0 Å². The Kier molecular flexibility index (Phi) is 16.9. The van der Waals surface area contributed by atoms with E-state index in [1.54, 1.807) is 0 Å². The molecule has 0 atom stereocenters. The van der Waals surface area contributed by atoms with Gasteiger partial charge < -0.3 is 0 Å². The molecule has 4 nitrogen and oxygen atoms in total. The molecule has 0 aromatic heterocycles. The first-order valence-corrected chi connectivity index (χ1v) is 6.11. The topological polar surface area (TPSA) is 36.9 Å². The molecule has 0 saturated heterocycles. The maximum Gasteiger partial charge on any atom is 0.0874 e. The summed E-state index contributed by atoms with van der Waals surface area (Å²) in [5.74, 6) is 0. The van der Waals surface area contributed by atoms with Crippen LogP contribution >= 0.6 is 0 Å². The van der Waals surface area contributed by atoms with E-state index in [2.05, 4.69) is 13.8 Å². The average molecular weight is 236 g/mol. The molecule has 0 spiro atoms. The van der Waals surface area contributed by atoms with Gasteiger partial charge in [-0.2, -0.15) is 0 Å². The summed E-state index contributed by atoms with van der Waals surface area (Å²) in [7, 11) is 0. The Morgan fingerprint density at radius 3 is 1.19 bits per heavy atom. The molecule has 0 N–H and O–H groups in total. The van der Waals surface area contributed by atoms with Crippen LogP contribution in [0.2, 0.25) is 0 Å². The van der Waals surface area contributed by atoms with E-state index in [0.29, 0.717) is 13.2 Å². The fourth-order valence-electron chi connectivity index (χ4n) is 0.507. The Hall–Kier alpha value is -0.160. The van der Waals surface area contributed by atoms with Crippen molar-refractivity contribution in [2.24, 2.45) is 0 Å². The highest BCUT2D eigenvalue weighted by atomic mass is 17.2. The van der Waals surface area contributed by atoms with E-state index in [-0.39, 0.29) is 12.2 Å². The van der Waals surface area contributed by atoms with Crippen LogP contribution in [0.4, 0.5) is 0 Å². The van der Waals surface area contributed by atoms with E-state index in [4.69, 9.17) is 19.6 Å². The Balaban J connectivity index is 0. The van der Waals surface area contributed by atoms with Gasteiger partial charge in [0, 0.05) is 0 Å². The van der Waals surface area contributed by atoms with E-state index in [1.807, 2.05) is 27.7 Å². The molecule has 0 fully saturated rings. The van der Waals surface area contributed by atoms with Crippen LogP contribution in [0.1, 0.15) is 54.4 Å². The Bertz CT molecular complexity index is 102. The van der Waals surface area contributed by atoms with Gasteiger partial charge in [0.2, 0.25) is 0 Å². The van der Waals surface area contributed by atoms with Crippen LogP contribution in [-0.2, 0) is 19.6 Å². The molecule has 0 amide bonds. The van der Waals surface area contributed by atoms with Crippen molar-refractivity contribution in [1.29, 1.82) is 0 Å². The summed E-state index contributed by atoms with van der Waals surface area (Å²) >= 11 is 0. The van der Waals surface area contributed by atoms with Crippen LogP contribution in [0.15, 0.2) is 0 Å². The molecule has 0 aromatic carbocycles. The van der Waals surface area contributed by atoms with Crippen molar-refractivity contribution in [1.82, 2.24) is 0 Å². The second kappa shape index (κ2) is 14.8. The van der Waals surface area contributed by atoms with Gasteiger partial charge in [-0.3, -0.25) is 0 Å². The second-order valence-electron chi connectivity index (χ2n) is 3.93. The Labute approximate surface area is 100 Å². The van der Waals surface area contributed by atoms with Crippen molar-refractivity contribution in [3.8, 4) is 0 Å². The molecule has 0 saturated carbocycles. The molecule has 0 unspecified atom stereocenters. The quantitative estimate of drug-likeness (QED) is 0.367. The number of hydrogen-bond acceptors (Lipinski definition) is 4. The Morgan fingerprint density at radius 1 is 0.688 bits per heavy atom. The van der Waals surface area contributed by atoms with Gasteiger partial charge >= 0.3 is 0 Å². The lowest BCUT2D eigenvalue weighted by Gasteiger charge is -2.08. The van der Waals surface area contributed by atoms with Gasteiger partial charge in [0.1, 0.15) is 0 Å². The zero-order chi connectivity index (χ0) is 12.8. The first kappa shape index (κ1) is 18.2. The normalized spacial score (nSPS) is 10.5. The van der Waals surface area contributed by atoms with Crippen molar-refractivity contribution in [3.05, 3.63) is 0 Å². The van der Waals surface area contributed by atoms with Gasteiger partial charge in [-0.1, -0.05) is 13.8 Å². The second-order valence-corrected chi connectivity index (χ2v) is 3.93. The summed E-state index contributed by atoms with van der Waals surface area (Å²) < 4.78 is 0. The number of hydrogen-bond donors (Lipinski definition) is 0. The minimum Gasteiger partial charge on any atom is -0.237 e. The van der Waals surface area contributed by atoms with Gasteiger partial charge in [0.15, 0.2) is 0 Å². The van der Waals surface area contributed by atoms with Crippen molar-refractivity contribution in [3.63, 3.8) is 0 Å². The molecule has 0 rings (SSSR count). The molecule has 16 heavy (non-hydrogen) atoms. The maximum atomic E-state index is 4.80. The molecule has 0 aromatic rings. The molecule has 0 heterocycles. The molecule has 0 radical (unpaired) electrons. The van der Waals surface area contributed by atoms with Crippen molar-refractivity contribution in [2.45, 2.75) is 66.6 Å². The summed E-state index contributed by atoms with van der Waals surface area (Å²) in [5.41, 5.74) is 0. The standard InChI is InChI=1S/2C6H14O2/c1-5(2)7-8-6(3)4;1-3-5-7-8-6-4-2/h5-6H,1-4H3;3-6H2,1-2H3. The van der Waals surface area contributed by atoms with Gasteiger partial charge in [0.25, 0.3) is 0 Å². The third-order valence-corrected chi connectivity index (χ3v) is 1.10. The number of rotatable bonds is 8. The zero-order valence-corrected chi connectivity index (χ0v) is 11.6. The van der Waals surface area contributed by atoms with Crippen molar-refractivity contribution in [2.75, 3.05) is 13.2 Å². The first-order chi connectivity index (χ1) is 7.54. The highest BCUT2D eigenvalue weighted by Gasteiger charge is 1.95. The fraction of sp³-hybridized carbons (Fsp3) is 1.00.